The van der Waals surface area contributed by atoms with Crippen molar-refractivity contribution in [3.05, 3.63) is 48.3 Å². The zero-order valence-corrected chi connectivity index (χ0v) is 10.7. The summed E-state index contributed by atoms with van der Waals surface area (Å²) in [6, 6.07) is 11.0. The van der Waals surface area contributed by atoms with Crippen LogP contribution in [0.2, 0.25) is 0 Å². The van der Waals surface area contributed by atoms with Gasteiger partial charge in [0.2, 0.25) is 0 Å². The number of nitrogens with zero attached hydrogens (tertiary/aromatic N) is 2. The Labute approximate surface area is 112 Å². The van der Waals surface area contributed by atoms with E-state index < -0.39 is 0 Å². The number of nitriles is 1. The number of ether oxygens (including phenoxy) is 2. The zero-order chi connectivity index (χ0) is 13.5. The highest BCUT2D eigenvalue weighted by Crippen LogP contribution is 2.25. The second-order valence-electron chi connectivity index (χ2n) is 3.91. The predicted octanol–water partition coefficient (Wildman–Crippen LogP) is 3.53. The minimum atomic E-state index is 0.451. The average Bonchev–Trinajstić information content (AvgIpc) is 2.47. The minimum absolute atomic E-state index is 0.451. The van der Waals surface area contributed by atoms with Crippen molar-refractivity contribution in [2.45, 2.75) is 13.3 Å². The quantitative estimate of drug-likeness (QED) is 0.819. The van der Waals surface area contributed by atoms with E-state index in [1.165, 1.54) is 6.20 Å². The van der Waals surface area contributed by atoms with Gasteiger partial charge in [-0.25, -0.2) is 0 Å². The van der Waals surface area contributed by atoms with Gasteiger partial charge in [0, 0.05) is 6.20 Å². The van der Waals surface area contributed by atoms with Gasteiger partial charge in [0.25, 0.3) is 0 Å². The van der Waals surface area contributed by atoms with Crippen LogP contribution in [0.5, 0.6) is 17.2 Å². The standard InChI is InChI=1S/C15H14N2O2/c1-2-9-18-13-3-5-14(6-4-13)19-15-11-17-8-7-12(15)10-16/h3-8,11H,2,9H2,1H3. The van der Waals surface area contributed by atoms with E-state index in [-0.39, 0.29) is 0 Å². The Hall–Kier alpha value is -2.54. The average molecular weight is 254 g/mol. The van der Waals surface area contributed by atoms with Crippen molar-refractivity contribution in [3.63, 3.8) is 0 Å². The van der Waals surface area contributed by atoms with Crippen LogP contribution in [0, 0.1) is 11.3 Å². The Morgan fingerprint density at radius 1 is 1.16 bits per heavy atom. The van der Waals surface area contributed by atoms with Crippen LogP contribution >= 0.6 is 0 Å². The van der Waals surface area contributed by atoms with E-state index in [9.17, 15) is 0 Å². The first-order valence-electron chi connectivity index (χ1n) is 6.08. The lowest BCUT2D eigenvalue weighted by Crippen LogP contribution is -1.94. The molecule has 2 rings (SSSR count). The van der Waals surface area contributed by atoms with E-state index in [0.29, 0.717) is 23.7 Å². The molecule has 0 saturated carbocycles. The lowest BCUT2D eigenvalue weighted by Gasteiger charge is -2.08. The maximum atomic E-state index is 8.96. The molecule has 1 aromatic heterocycles. The molecule has 4 heteroatoms. The normalized spacial score (nSPS) is 9.68. The Balaban J connectivity index is 2.09. The van der Waals surface area contributed by atoms with Crippen LogP contribution in [0.3, 0.4) is 0 Å². The molecule has 0 radical (unpaired) electrons. The SMILES string of the molecule is CCCOc1ccc(Oc2cnccc2C#N)cc1. The summed E-state index contributed by atoms with van der Waals surface area (Å²) >= 11 is 0. The number of benzene rings is 1. The van der Waals surface area contributed by atoms with E-state index >= 15 is 0 Å². The molecule has 96 valence electrons. The molecular weight excluding hydrogens is 240 g/mol. The highest BCUT2D eigenvalue weighted by atomic mass is 16.5. The second kappa shape index (κ2) is 6.41. The van der Waals surface area contributed by atoms with Gasteiger partial charge in [-0.2, -0.15) is 5.26 Å². The third kappa shape index (κ3) is 3.46. The Kier molecular flexibility index (Phi) is 4.35. The summed E-state index contributed by atoms with van der Waals surface area (Å²) in [6.45, 7) is 2.75. The molecule has 0 spiro atoms. The third-order valence-corrected chi connectivity index (χ3v) is 2.43. The van der Waals surface area contributed by atoms with Gasteiger partial charge in [0.05, 0.1) is 18.4 Å². The predicted molar refractivity (Wildman–Crippen MR) is 71.3 cm³/mol. The van der Waals surface area contributed by atoms with Gasteiger partial charge in [-0.3, -0.25) is 4.98 Å². The zero-order valence-electron chi connectivity index (χ0n) is 10.7. The molecule has 0 unspecified atom stereocenters. The molecule has 0 amide bonds. The molecule has 0 aliphatic rings. The molecule has 4 nitrogen and oxygen atoms in total. The van der Waals surface area contributed by atoms with E-state index in [0.717, 1.165) is 12.2 Å². The van der Waals surface area contributed by atoms with Gasteiger partial charge >= 0.3 is 0 Å². The molecular formula is C15H14N2O2. The van der Waals surface area contributed by atoms with Crippen LogP contribution in [-0.2, 0) is 0 Å². The lowest BCUT2D eigenvalue weighted by atomic mass is 10.2. The summed E-state index contributed by atoms with van der Waals surface area (Å²) < 4.78 is 11.1. The fourth-order valence-electron chi connectivity index (χ4n) is 1.50. The van der Waals surface area contributed by atoms with Gasteiger partial charge in [0.1, 0.15) is 17.6 Å². The number of rotatable bonds is 5. The Morgan fingerprint density at radius 2 is 1.89 bits per heavy atom. The lowest BCUT2D eigenvalue weighted by molar-refractivity contribution is 0.317. The minimum Gasteiger partial charge on any atom is -0.494 e. The summed E-state index contributed by atoms with van der Waals surface area (Å²) in [7, 11) is 0. The molecule has 0 bridgehead atoms. The smallest absolute Gasteiger partial charge is 0.163 e. The van der Waals surface area contributed by atoms with Crippen LogP contribution < -0.4 is 9.47 Å². The number of hydrogen-bond acceptors (Lipinski definition) is 4. The summed E-state index contributed by atoms with van der Waals surface area (Å²) in [4.78, 5) is 3.95. The molecule has 0 saturated heterocycles. The van der Waals surface area contributed by atoms with Gasteiger partial charge in [-0.15, -0.1) is 0 Å². The third-order valence-electron chi connectivity index (χ3n) is 2.43. The van der Waals surface area contributed by atoms with E-state index in [4.69, 9.17) is 14.7 Å². The summed E-state index contributed by atoms with van der Waals surface area (Å²) in [5, 5.41) is 8.96. The van der Waals surface area contributed by atoms with Gasteiger partial charge < -0.3 is 9.47 Å². The Bertz CT molecular complexity index is 573. The van der Waals surface area contributed by atoms with Gasteiger partial charge in [-0.05, 0) is 36.8 Å². The van der Waals surface area contributed by atoms with Crippen LogP contribution in [0.15, 0.2) is 42.7 Å². The maximum absolute atomic E-state index is 8.96. The van der Waals surface area contributed by atoms with Crippen molar-refractivity contribution in [1.29, 1.82) is 5.26 Å². The van der Waals surface area contributed by atoms with Crippen LogP contribution in [-0.4, -0.2) is 11.6 Å². The molecule has 0 atom stereocenters. The van der Waals surface area contributed by atoms with Crippen molar-refractivity contribution >= 4 is 0 Å². The number of hydrogen-bond donors (Lipinski definition) is 0. The largest absolute Gasteiger partial charge is 0.494 e. The monoisotopic (exact) mass is 254 g/mol. The van der Waals surface area contributed by atoms with Gasteiger partial charge in [0.15, 0.2) is 5.75 Å². The van der Waals surface area contributed by atoms with Crippen molar-refractivity contribution in [3.8, 4) is 23.3 Å². The van der Waals surface area contributed by atoms with Crippen molar-refractivity contribution in [1.82, 2.24) is 4.98 Å². The molecule has 19 heavy (non-hydrogen) atoms. The first kappa shape index (κ1) is 12.9. The second-order valence-corrected chi connectivity index (χ2v) is 3.91. The number of aromatic nitrogens is 1. The molecule has 0 aliphatic carbocycles. The van der Waals surface area contributed by atoms with E-state index in [2.05, 4.69) is 18.0 Å². The van der Waals surface area contributed by atoms with Crippen molar-refractivity contribution in [2.75, 3.05) is 6.61 Å². The number of pyridine rings is 1. The van der Waals surface area contributed by atoms with Crippen LogP contribution in [0.4, 0.5) is 0 Å². The fraction of sp³-hybridized carbons (Fsp3) is 0.200. The molecule has 1 heterocycles. The summed E-state index contributed by atoms with van der Waals surface area (Å²) in [5.41, 5.74) is 0.460. The van der Waals surface area contributed by atoms with Crippen molar-refractivity contribution in [2.24, 2.45) is 0 Å². The molecule has 0 fully saturated rings. The highest BCUT2D eigenvalue weighted by molar-refractivity contribution is 5.43. The van der Waals surface area contributed by atoms with Crippen LogP contribution in [0.25, 0.3) is 0 Å². The van der Waals surface area contributed by atoms with Crippen molar-refractivity contribution < 1.29 is 9.47 Å². The summed E-state index contributed by atoms with van der Waals surface area (Å²) in [6.07, 6.45) is 4.06. The van der Waals surface area contributed by atoms with E-state index in [1.807, 2.05) is 12.1 Å². The molecule has 2 aromatic rings. The highest BCUT2D eigenvalue weighted by Gasteiger charge is 2.04. The topological polar surface area (TPSA) is 55.1 Å². The summed E-state index contributed by atoms with van der Waals surface area (Å²) in [5.74, 6) is 1.90. The first-order chi connectivity index (χ1) is 9.33. The fourth-order valence-corrected chi connectivity index (χ4v) is 1.50. The Morgan fingerprint density at radius 3 is 2.58 bits per heavy atom. The maximum Gasteiger partial charge on any atom is 0.163 e. The van der Waals surface area contributed by atoms with Gasteiger partial charge in [-0.1, -0.05) is 6.92 Å². The van der Waals surface area contributed by atoms with Crippen LogP contribution in [0.1, 0.15) is 18.9 Å². The van der Waals surface area contributed by atoms with E-state index in [1.54, 1.807) is 24.4 Å². The molecule has 0 N–H and O–H groups in total. The molecule has 0 aliphatic heterocycles. The molecule has 1 aromatic carbocycles. The first-order valence-corrected chi connectivity index (χ1v) is 6.08.